The van der Waals surface area contributed by atoms with Crippen molar-refractivity contribution in [3.05, 3.63) is 103 Å². The summed E-state index contributed by atoms with van der Waals surface area (Å²) in [6.07, 6.45) is 6.36. The van der Waals surface area contributed by atoms with Gasteiger partial charge in [-0.05, 0) is 86.1 Å². The van der Waals surface area contributed by atoms with Crippen LogP contribution >= 0.6 is 0 Å². The van der Waals surface area contributed by atoms with Crippen molar-refractivity contribution < 1.29 is 4.79 Å². The monoisotopic (exact) mass is 501 g/mol. The molecule has 5 aromatic rings. The van der Waals surface area contributed by atoms with Crippen LogP contribution in [0.1, 0.15) is 22.5 Å². The summed E-state index contributed by atoms with van der Waals surface area (Å²) in [5.41, 5.74) is 7.07. The molecule has 1 fully saturated rings. The van der Waals surface area contributed by atoms with Gasteiger partial charge >= 0.3 is 0 Å². The smallest absolute Gasteiger partial charge is 0.257 e. The number of nitrogens with one attached hydrogen (secondary N) is 3. The van der Waals surface area contributed by atoms with Crippen LogP contribution in [0.5, 0.6) is 0 Å². The Bertz CT molecular complexity index is 1600. The van der Waals surface area contributed by atoms with Crippen molar-refractivity contribution in [2.24, 2.45) is 0 Å². The van der Waals surface area contributed by atoms with Crippen molar-refractivity contribution in [1.29, 1.82) is 0 Å². The average Bonchev–Trinajstić information content (AvgIpc) is 2.90. The van der Waals surface area contributed by atoms with Crippen LogP contribution in [-0.4, -0.2) is 33.9 Å². The first-order valence-corrected chi connectivity index (χ1v) is 12.6. The maximum absolute atomic E-state index is 12.8. The minimum Gasteiger partial charge on any atom is -0.371 e. The van der Waals surface area contributed by atoms with Gasteiger partial charge in [0.1, 0.15) is 5.82 Å². The highest BCUT2D eigenvalue weighted by Gasteiger charge is 2.15. The van der Waals surface area contributed by atoms with Crippen molar-refractivity contribution >= 4 is 51.1 Å². The second-order valence-corrected chi connectivity index (χ2v) is 9.30. The number of pyridine rings is 3. The highest BCUT2D eigenvalue weighted by atomic mass is 16.1. The number of aryl methyl sites for hydroxylation is 1. The number of carbonyl (C=O) groups is 1. The molecule has 0 unspecified atom stereocenters. The number of rotatable bonds is 7. The fourth-order valence-corrected chi connectivity index (χ4v) is 4.38. The van der Waals surface area contributed by atoms with E-state index in [1.807, 2.05) is 55.5 Å². The van der Waals surface area contributed by atoms with Gasteiger partial charge in [-0.15, -0.1) is 0 Å². The van der Waals surface area contributed by atoms with Crippen LogP contribution in [0.15, 0.2) is 91.4 Å². The summed E-state index contributed by atoms with van der Waals surface area (Å²) in [5.74, 6) is 0.438. The molecule has 6 rings (SSSR count). The van der Waals surface area contributed by atoms with Crippen molar-refractivity contribution in [2.45, 2.75) is 13.3 Å². The third kappa shape index (κ3) is 5.10. The zero-order valence-electron chi connectivity index (χ0n) is 21.0. The molecule has 38 heavy (non-hydrogen) atoms. The van der Waals surface area contributed by atoms with E-state index >= 15 is 0 Å². The Balaban J connectivity index is 1.11. The van der Waals surface area contributed by atoms with Crippen LogP contribution in [0.3, 0.4) is 0 Å². The molecule has 0 spiro atoms. The van der Waals surface area contributed by atoms with Crippen LogP contribution in [0, 0.1) is 6.92 Å². The standard InChI is InChI=1S/C30H27N7O/c1-20-17-24(11-13-31-20)34-22-4-6-23(7-5-22)35-30(38)21-3-10-29(33-19-21)36-28-12-14-32-27-9-8-25(18-26(27)28)37-15-2-16-37/h3-14,17-19H,2,15-16H2,1H3,(H,31,34)(H,35,38)(H,32,33,36). The minimum atomic E-state index is -0.219. The van der Waals surface area contributed by atoms with Crippen molar-refractivity contribution in [1.82, 2.24) is 15.0 Å². The highest BCUT2D eigenvalue weighted by molar-refractivity contribution is 6.04. The van der Waals surface area contributed by atoms with Crippen LogP contribution in [0.4, 0.5) is 34.3 Å². The Labute approximate surface area is 220 Å². The number of benzene rings is 2. The molecule has 3 N–H and O–H groups in total. The lowest BCUT2D eigenvalue weighted by atomic mass is 10.1. The predicted octanol–water partition coefficient (Wildman–Crippen LogP) is 6.28. The van der Waals surface area contributed by atoms with E-state index in [0.29, 0.717) is 17.1 Å². The maximum atomic E-state index is 12.8. The molecule has 1 aliphatic rings. The predicted molar refractivity (Wildman–Crippen MR) is 153 cm³/mol. The summed E-state index contributed by atoms with van der Waals surface area (Å²) in [6.45, 7) is 4.13. The van der Waals surface area contributed by atoms with Crippen LogP contribution in [-0.2, 0) is 0 Å². The molecule has 0 saturated carbocycles. The molecule has 4 heterocycles. The number of aromatic nitrogens is 3. The van der Waals surface area contributed by atoms with Crippen molar-refractivity contribution in [3.63, 3.8) is 0 Å². The molecular weight excluding hydrogens is 474 g/mol. The third-order valence-corrected chi connectivity index (χ3v) is 6.56. The van der Waals surface area contributed by atoms with E-state index in [1.54, 1.807) is 24.7 Å². The van der Waals surface area contributed by atoms with E-state index in [4.69, 9.17) is 0 Å². The summed E-state index contributed by atoms with van der Waals surface area (Å²) in [4.78, 5) is 28.3. The molecule has 0 radical (unpaired) electrons. The average molecular weight is 502 g/mol. The van der Waals surface area contributed by atoms with E-state index in [-0.39, 0.29) is 5.91 Å². The lowest BCUT2D eigenvalue weighted by Gasteiger charge is -2.33. The summed E-state index contributed by atoms with van der Waals surface area (Å²) < 4.78 is 0. The Morgan fingerprint density at radius 3 is 2.34 bits per heavy atom. The van der Waals surface area contributed by atoms with E-state index < -0.39 is 0 Å². The lowest BCUT2D eigenvalue weighted by molar-refractivity contribution is 0.102. The molecule has 0 bridgehead atoms. The van der Waals surface area contributed by atoms with E-state index in [0.717, 1.165) is 46.7 Å². The molecule has 1 amide bonds. The quantitative estimate of drug-likeness (QED) is 0.241. The molecule has 2 aromatic carbocycles. The van der Waals surface area contributed by atoms with Crippen LogP contribution in [0.2, 0.25) is 0 Å². The largest absolute Gasteiger partial charge is 0.371 e. The highest BCUT2D eigenvalue weighted by Crippen LogP contribution is 2.30. The Morgan fingerprint density at radius 1 is 0.789 bits per heavy atom. The van der Waals surface area contributed by atoms with Gasteiger partial charge in [0.2, 0.25) is 0 Å². The van der Waals surface area contributed by atoms with Gasteiger partial charge in [-0.25, -0.2) is 4.98 Å². The second kappa shape index (κ2) is 10.2. The number of anilines is 6. The fourth-order valence-electron chi connectivity index (χ4n) is 4.38. The van der Waals surface area contributed by atoms with E-state index in [1.165, 1.54) is 12.1 Å². The first-order valence-electron chi connectivity index (χ1n) is 12.6. The number of hydrogen-bond acceptors (Lipinski definition) is 7. The molecule has 8 nitrogen and oxygen atoms in total. The molecule has 8 heteroatoms. The first kappa shape index (κ1) is 23.4. The van der Waals surface area contributed by atoms with Gasteiger partial charge < -0.3 is 20.9 Å². The zero-order valence-corrected chi connectivity index (χ0v) is 21.0. The first-order chi connectivity index (χ1) is 18.6. The minimum absolute atomic E-state index is 0.219. The van der Waals surface area contributed by atoms with Gasteiger partial charge in [0.05, 0.1) is 16.8 Å². The summed E-state index contributed by atoms with van der Waals surface area (Å²) in [6, 6.07) is 23.3. The molecule has 1 aliphatic heterocycles. The van der Waals surface area contributed by atoms with Crippen molar-refractivity contribution in [3.8, 4) is 0 Å². The van der Waals surface area contributed by atoms with Gasteiger partial charge in [-0.3, -0.25) is 14.8 Å². The van der Waals surface area contributed by atoms with Crippen molar-refractivity contribution in [2.75, 3.05) is 33.9 Å². The van der Waals surface area contributed by atoms with Gasteiger partial charge in [-0.2, -0.15) is 0 Å². The summed E-state index contributed by atoms with van der Waals surface area (Å²) in [5, 5.41) is 10.7. The fraction of sp³-hybridized carbons (Fsp3) is 0.133. The molecule has 3 aromatic heterocycles. The van der Waals surface area contributed by atoms with Crippen LogP contribution < -0.4 is 20.9 Å². The molecule has 1 saturated heterocycles. The third-order valence-electron chi connectivity index (χ3n) is 6.56. The number of amides is 1. The summed E-state index contributed by atoms with van der Waals surface area (Å²) in [7, 11) is 0. The Morgan fingerprint density at radius 2 is 1.61 bits per heavy atom. The number of nitrogens with zero attached hydrogens (tertiary/aromatic N) is 4. The second-order valence-electron chi connectivity index (χ2n) is 9.30. The normalized spacial score (nSPS) is 12.6. The Hall–Kier alpha value is -4.98. The molecular formula is C30H27N7O. The van der Waals surface area contributed by atoms with Gasteiger partial charge in [0, 0.05) is 65.5 Å². The van der Waals surface area contributed by atoms with E-state index in [2.05, 4.69) is 54.0 Å². The molecule has 0 atom stereocenters. The van der Waals surface area contributed by atoms with E-state index in [9.17, 15) is 4.79 Å². The van der Waals surface area contributed by atoms with Crippen LogP contribution in [0.25, 0.3) is 10.9 Å². The topological polar surface area (TPSA) is 95.1 Å². The lowest BCUT2D eigenvalue weighted by Crippen LogP contribution is -2.36. The number of carbonyl (C=O) groups excluding carboxylic acids is 1. The number of hydrogen-bond donors (Lipinski definition) is 3. The summed E-state index contributed by atoms with van der Waals surface area (Å²) >= 11 is 0. The molecule has 0 aliphatic carbocycles. The Kier molecular flexibility index (Phi) is 6.27. The number of fused-ring (bicyclic) bond motifs is 1. The zero-order chi connectivity index (χ0) is 25.9. The molecule has 188 valence electrons. The van der Waals surface area contributed by atoms with Gasteiger partial charge in [-0.1, -0.05) is 0 Å². The maximum Gasteiger partial charge on any atom is 0.257 e. The van der Waals surface area contributed by atoms with Gasteiger partial charge in [0.15, 0.2) is 0 Å². The SMILES string of the molecule is Cc1cc(Nc2ccc(NC(=O)c3ccc(Nc4ccnc5ccc(N6CCC6)cc45)nc3)cc2)ccn1. The van der Waals surface area contributed by atoms with Gasteiger partial charge in [0.25, 0.3) is 5.91 Å².